The van der Waals surface area contributed by atoms with Crippen LogP contribution in [0.15, 0.2) is 127 Å². The van der Waals surface area contributed by atoms with Crippen LogP contribution in [0.5, 0.6) is 0 Å². The summed E-state index contributed by atoms with van der Waals surface area (Å²) in [5.74, 6) is -1.10. The highest BCUT2D eigenvalue weighted by Gasteiger charge is 2.43. The molecule has 0 saturated carbocycles. The lowest BCUT2D eigenvalue weighted by molar-refractivity contribution is -0.786. The molecule has 0 aliphatic carbocycles. The van der Waals surface area contributed by atoms with E-state index in [2.05, 4.69) is 38.4 Å². The molecule has 0 saturated heterocycles. The number of para-hydroxylation sites is 1. The Bertz CT molecular complexity index is 1530. The monoisotopic (exact) mass is 657 g/mol. The molecule has 0 fully saturated rings. The molecule has 0 unspecified atom stereocenters. The van der Waals surface area contributed by atoms with Gasteiger partial charge in [-0.2, -0.15) is 21.9 Å². The molecular formula is C38H43BF3NO3Si. The minimum Gasteiger partial charge on any atom is -0.370 e. The van der Waals surface area contributed by atoms with Gasteiger partial charge in [0.1, 0.15) is 29.3 Å². The highest BCUT2D eigenvalue weighted by molar-refractivity contribution is 7.19. The van der Waals surface area contributed by atoms with Gasteiger partial charge in [-0.15, -0.1) is 0 Å². The second-order valence-corrected chi connectivity index (χ2v) is 13.9. The van der Waals surface area contributed by atoms with Crippen LogP contribution in [0.2, 0.25) is 0 Å². The van der Waals surface area contributed by atoms with Crippen molar-refractivity contribution in [3.8, 4) is 0 Å². The van der Waals surface area contributed by atoms with Gasteiger partial charge in [-0.1, -0.05) is 78.9 Å². The van der Waals surface area contributed by atoms with Crippen LogP contribution >= 0.6 is 0 Å². The van der Waals surface area contributed by atoms with Crippen molar-refractivity contribution >= 4 is 47.7 Å². The molecule has 9 heteroatoms. The van der Waals surface area contributed by atoms with Crippen molar-refractivity contribution in [1.29, 1.82) is 0 Å². The zero-order valence-corrected chi connectivity index (χ0v) is 28.7. The third-order valence-corrected chi connectivity index (χ3v) is 11.3. The third kappa shape index (κ3) is 8.30. The molecule has 0 heterocycles. The third-order valence-electron chi connectivity index (χ3n) is 8.23. The highest BCUT2D eigenvalue weighted by atomic mass is 28.4. The van der Waals surface area contributed by atoms with Gasteiger partial charge >= 0.3 is 8.80 Å². The molecule has 0 atom stereocenters. The zero-order chi connectivity index (χ0) is 33.9. The molecule has 0 amide bonds. The number of halogens is 3. The lowest BCUT2D eigenvalue weighted by atomic mass is 9.13. The standard InChI is InChI=1S/C30H31BF3O3Si.C8H11N/c1-4-35-38(36-5-2,37-6-3)30-21-13-26(14-22-30)31(23-7-15-27(32)16-8-23,24-9-17-28(33)18-10-24)25-11-19-29(34)20-12-25;1-9(2)8-6-4-3-5-7-8/h7-22H,4-6H2,1-3H3;3-7H,1-2H3/q-1;/p+1. The van der Waals surface area contributed by atoms with E-state index in [1.165, 1.54) is 47.0 Å². The molecule has 0 aliphatic rings. The molecule has 0 radical (unpaired) electrons. The van der Waals surface area contributed by atoms with E-state index in [0.29, 0.717) is 19.8 Å². The van der Waals surface area contributed by atoms with E-state index < -0.39 is 15.0 Å². The Balaban J connectivity index is 0.000000479. The molecule has 5 rings (SSSR count). The summed E-state index contributed by atoms with van der Waals surface area (Å²) in [5.41, 5.74) is 4.63. The Labute approximate surface area is 278 Å². The summed E-state index contributed by atoms with van der Waals surface area (Å²) in [6.45, 7) is 7.01. The van der Waals surface area contributed by atoms with Crippen LogP contribution in [0, 0.1) is 17.5 Å². The molecule has 0 spiro atoms. The maximum atomic E-state index is 14.1. The summed E-state index contributed by atoms with van der Waals surface area (Å²) in [6.07, 6.45) is -1.95. The lowest BCUT2D eigenvalue weighted by Gasteiger charge is -2.44. The first kappa shape index (κ1) is 35.9. The summed E-state index contributed by atoms with van der Waals surface area (Å²) in [7, 11) is 1.09. The van der Waals surface area contributed by atoms with E-state index in [4.69, 9.17) is 13.3 Å². The first-order chi connectivity index (χ1) is 22.7. The Hall–Kier alpha value is -3.99. The quantitative estimate of drug-likeness (QED) is 0.204. The first-order valence-corrected chi connectivity index (χ1v) is 17.7. The largest absolute Gasteiger partial charge is 0.537 e. The average molecular weight is 658 g/mol. The molecule has 0 aliphatic heterocycles. The second-order valence-electron chi connectivity index (χ2n) is 11.4. The summed E-state index contributed by atoms with van der Waals surface area (Å²) in [4.78, 5) is 1.37. The number of rotatable bonds is 12. The van der Waals surface area contributed by atoms with Crippen LogP contribution in [-0.4, -0.2) is 48.9 Å². The molecule has 0 aromatic heterocycles. The topological polar surface area (TPSA) is 32.1 Å². The average Bonchev–Trinajstić information content (AvgIpc) is 3.08. The molecule has 5 aromatic carbocycles. The van der Waals surface area contributed by atoms with Crippen LogP contribution in [-0.2, 0) is 13.3 Å². The van der Waals surface area contributed by atoms with Gasteiger partial charge in [0.05, 0.1) is 14.1 Å². The van der Waals surface area contributed by atoms with Crippen LogP contribution in [0.1, 0.15) is 20.8 Å². The number of nitrogens with one attached hydrogen (secondary N) is 1. The van der Waals surface area contributed by atoms with E-state index in [9.17, 15) is 13.2 Å². The van der Waals surface area contributed by atoms with E-state index in [-0.39, 0.29) is 17.5 Å². The summed E-state index contributed by atoms with van der Waals surface area (Å²) in [5, 5.41) is 0.814. The van der Waals surface area contributed by atoms with E-state index in [1.54, 1.807) is 36.4 Å². The molecule has 0 bridgehead atoms. The van der Waals surface area contributed by atoms with Crippen molar-refractivity contribution in [1.82, 2.24) is 0 Å². The smallest absolute Gasteiger partial charge is 0.370 e. The number of quaternary nitrogens is 1. The van der Waals surface area contributed by atoms with Crippen LogP contribution in [0.4, 0.5) is 18.9 Å². The molecule has 1 N–H and O–H groups in total. The van der Waals surface area contributed by atoms with Crippen molar-refractivity contribution in [2.45, 2.75) is 20.8 Å². The SMILES string of the molecule is CCO[Si](OCC)(OCC)c1ccc([B-](c2ccc(F)cc2)(c2ccc(F)cc2)c2ccc(F)cc2)cc1.C[NH+](C)c1ccccc1. The van der Waals surface area contributed by atoms with Crippen molar-refractivity contribution in [3.63, 3.8) is 0 Å². The Morgan fingerprint density at radius 2 is 0.809 bits per heavy atom. The van der Waals surface area contributed by atoms with Crippen molar-refractivity contribution < 1.29 is 31.3 Å². The fourth-order valence-electron chi connectivity index (χ4n) is 6.10. The number of hydrogen-bond donors (Lipinski definition) is 1. The number of hydrogen-bond acceptors (Lipinski definition) is 3. The molecule has 47 heavy (non-hydrogen) atoms. The molecule has 5 aromatic rings. The second kappa shape index (κ2) is 16.7. The maximum absolute atomic E-state index is 14.1. The minimum absolute atomic E-state index is 0.368. The number of benzene rings is 5. The van der Waals surface area contributed by atoms with Gasteiger partial charge in [-0.25, -0.2) is 13.2 Å². The van der Waals surface area contributed by atoms with Crippen LogP contribution in [0.25, 0.3) is 0 Å². The van der Waals surface area contributed by atoms with Gasteiger partial charge in [-0.05, 0) is 69.3 Å². The van der Waals surface area contributed by atoms with Gasteiger partial charge in [0, 0.05) is 25.0 Å². The Morgan fingerprint density at radius 1 is 0.489 bits per heavy atom. The molecule has 4 nitrogen and oxygen atoms in total. The summed E-state index contributed by atoms with van der Waals surface area (Å²) in [6, 6.07) is 37.1. The van der Waals surface area contributed by atoms with Crippen molar-refractivity contribution in [2.75, 3.05) is 33.9 Å². The first-order valence-electron chi connectivity index (χ1n) is 16.0. The van der Waals surface area contributed by atoms with Crippen LogP contribution in [0.3, 0.4) is 0 Å². The summed E-state index contributed by atoms with van der Waals surface area (Å²) >= 11 is 0. The van der Waals surface area contributed by atoms with E-state index in [0.717, 1.165) is 27.0 Å². The van der Waals surface area contributed by atoms with E-state index in [1.807, 2.05) is 51.1 Å². The normalized spacial score (nSPS) is 11.7. The van der Waals surface area contributed by atoms with Gasteiger partial charge in [0.25, 0.3) is 0 Å². The fourth-order valence-corrected chi connectivity index (χ4v) is 8.57. The van der Waals surface area contributed by atoms with Gasteiger partial charge < -0.3 is 18.2 Å². The maximum Gasteiger partial charge on any atom is 0.537 e. The predicted octanol–water partition coefficient (Wildman–Crippen LogP) is 4.20. The van der Waals surface area contributed by atoms with Gasteiger partial charge in [0.2, 0.25) is 0 Å². The van der Waals surface area contributed by atoms with Crippen molar-refractivity contribution in [3.05, 3.63) is 145 Å². The van der Waals surface area contributed by atoms with E-state index >= 15 is 0 Å². The van der Waals surface area contributed by atoms with Crippen molar-refractivity contribution in [2.24, 2.45) is 0 Å². The lowest BCUT2D eigenvalue weighted by Crippen LogP contribution is -3.00. The Morgan fingerprint density at radius 3 is 1.09 bits per heavy atom. The zero-order valence-electron chi connectivity index (χ0n) is 27.7. The predicted molar refractivity (Wildman–Crippen MR) is 189 cm³/mol. The summed E-state index contributed by atoms with van der Waals surface area (Å²) < 4.78 is 60.5. The Kier molecular flexibility index (Phi) is 12.8. The fraction of sp³-hybridized carbons (Fsp3) is 0.211. The molecular weight excluding hydrogens is 614 g/mol. The highest BCUT2D eigenvalue weighted by Crippen LogP contribution is 2.14. The molecule has 246 valence electrons. The van der Waals surface area contributed by atoms with Crippen LogP contribution < -0.4 is 31.9 Å². The minimum atomic E-state index is -3.16. The van der Waals surface area contributed by atoms with Gasteiger partial charge in [-0.3, -0.25) is 0 Å². The van der Waals surface area contributed by atoms with Gasteiger partial charge in [0.15, 0.2) is 0 Å².